The number of ether oxygens (including phenoxy) is 1. The fourth-order valence-corrected chi connectivity index (χ4v) is 3.66. The standard InChI is InChI=1S/C24H32N4O2.HI/c1-3-25-24(26-15-7-6-8-18-11-13-20(30-2)14-12-18)27-17-19-16-23(29)28-22-10-5-4-9-21(19)22;/h4-5,9-14,19H,3,6-8,15-17H2,1-2H3,(H,28,29)(H2,25,26,27);1H. The van der Waals surface area contributed by atoms with Crippen LogP contribution >= 0.6 is 24.0 Å². The Morgan fingerprint density at radius 1 is 1.13 bits per heavy atom. The molecule has 3 N–H and O–H groups in total. The number of aliphatic imine (C=N–C) groups is 1. The van der Waals surface area contributed by atoms with Crippen molar-refractivity contribution in [3.8, 4) is 5.75 Å². The number of fused-ring (bicyclic) bond motifs is 1. The largest absolute Gasteiger partial charge is 0.497 e. The molecule has 0 saturated carbocycles. The van der Waals surface area contributed by atoms with Crippen LogP contribution in [0.1, 0.15) is 43.2 Å². The lowest BCUT2D eigenvalue weighted by Crippen LogP contribution is -2.38. The zero-order chi connectivity index (χ0) is 21.2. The van der Waals surface area contributed by atoms with Crippen molar-refractivity contribution in [2.45, 2.75) is 38.5 Å². The van der Waals surface area contributed by atoms with E-state index in [1.54, 1.807) is 7.11 Å². The topological polar surface area (TPSA) is 74.8 Å². The summed E-state index contributed by atoms with van der Waals surface area (Å²) in [5, 5.41) is 9.67. The maximum absolute atomic E-state index is 12.0. The minimum atomic E-state index is 0. The Hall–Kier alpha value is -2.29. The van der Waals surface area contributed by atoms with Crippen molar-refractivity contribution in [1.29, 1.82) is 0 Å². The van der Waals surface area contributed by atoms with Gasteiger partial charge in [-0.1, -0.05) is 30.3 Å². The zero-order valence-corrected chi connectivity index (χ0v) is 20.6. The monoisotopic (exact) mass is 536 g/mol. The van der Waals surface area contributed by atoms with Gasteiger partial charge in [-0.3, -0.25) is 9.79 Å². The number of unbranched alkanes of at least 4 members (excludes halogenated alkanes) is 1. The van der Waals surface area contributed by atoms with E-state index >= 15 is 0 Å². The molecule has 7 heteroatoms. The summed E-state index contributed by atoms with van der Waals surface area (Å²) in [6.07, 6.45) is 3.69. The van der Waals surface area contributed by atoms with Gasteiger partial charge in [0.1, 0.15) is 5.75 Å². The van der Waals surface area contributed by atoms with E-state index in [-0.39, 0.29) is 35.8 Å². The lowest BCUT2D eigenvalue weighted by molar-refractivity contribution is -0.116. The van der Waals surface area contributed by atoms with E-state index in [0.717, 1.165) is 55.3 Å². The number of hydrogen-bond donors (Lipinski definition) is 3. The van der Waals surface area contributed by atoms with E-state index in [9.17, 15) is 4.79 Å². The number of hydrogen-bond acceptors (Lipinski definition) is 3. The Balaban J connectivity index is 0.00000341. The molecule has 0 bridgehead atoms. The van der Waals surface area contributed by atoms with Gasteiger partial charge in [0.15, 0.2) is 5.96 Å². The highest BCUT2D eigenvalue weighted by molar-refractivity contribution is 14.0. The summed E-state index contributed by atoms with van der Waals surface area (Å²) in [5.41, 5.74) is 3.40. The molecular weight excluding hydrogens is 503 g/mol. The maximum Gasteiger partial charge on any atom is 0.225 e. The molecule has 3 rings (SSSR count). The highest BCUT2D eigenvalue weighted by Gasteiger charge is 2.24. The summed E-state index contributed by atoms with van der Waals surface area (Å²) in [5.74, 6) is 1.88. The van der Waals surface area contributed by atoms with Crippen LogP contribution in [0.2, 0.25) is 0 Å². The van der Waals surface area contributed by atoms with Gasteiger partial charge >= 0.3 is 0 Å². The van der Waals surface area contributed by atoms with E-state index in [1.807, 2.05) is 30.3 Å². The average Bonchev–Trinajstić information content (AvgIpc) is 2.77. The molecule has 0 saturated heterocycles. The van der Waals surface area contributed by atoms with Crippen molar-refractivity contribution in [1.82, 2.24) is 10.6 Å². The normalized spacial score (nSPS) is 15.4. The molecule has 1 amide bonds. The predicted molar refractivity (Wildman–Crippen MR) is 138 cm³/mol. The maximum atomic E-state index is 12.0. The third kappa shape index (κ3) is 7.72. The van der Waals surface area contributed by atoms with Crippen LogP contribution in [0.4, 0.5) is 5.69 Å². The number of benzene rings is 2. The fourth-order valence-electron chi connectivity index (χ4n) is 3.66. The van der Waals surface area contributed by atoms with Gasteiger partial charge in [-0.25, -0.2) is 0 Å². The fraction of sp³-hybridized carbons (Fsp3) is 0.417. The van der Waals surface area contributed by atoms with Crippen LogP contribution in [0.15, 0.2) is 53.5 Å². The Kier molecular flexibility index (Phi) is 10.6. The molecule has 1 unspecified atom stereocenters. The number of nitrogens with zero attached hydrogens (tertiary/aromatic N) is 1. The second-order valence-electron chi connectivity index (χ2n) is 7.49. The van der Waals surface area contributed by atoms with Gasteiger partial charge in [-0.2, -0.15) is 0 Å². The molecule has 2 aromatic rings. The highest BCUT2D eigenvalue weighted by atomic mass is 127. The summed E-state index contributed by atoms with van der Waals surface area (Å²) in [6, 6.07) is 16.2. The SMILES string of the molecule is CCNC(=NCC1CC(=O)Nc2ccccc21)NCCCCc1ccc(OC)cc1.I. The second kappa shape index (κ2) is 13.2. The van der Waals surface area contributed by atoms with Gasteiger partial charge in [-0.15, -0.1) is 24.0 Å². The number of aryl methyl sites for hydroxylation is 1. The van der Waals surface area contributed by atoms with Gasteiger partial charge in [0.2, 0.25) is 5.91 Å². The minimum Gasteiger partial charge on any atom is -0.497 e. The number of anilines is 1. The third-order valence-electron chi connectivity index (χ3n) is 5.26. The molecule has 6 nitrogen and oxygen atoms in total. The molecule has 0 aromatic heterocycles. The van der Waals surface area contributed by atoms with Gasteiger partial charge in [0.25, 0.3) is 0 Å². The van der Waals surface area contributed by atoms with Crippen LogP contribution < -0.4 is 20.7 Å². The van der Waals surface area contributed by atoms with E-state index in [1.165, 1.54) is 5.56 Å². The van der Waals surface area contributed by atoms with Crippen molar-refractivity contribution in [3.05, 3.63) is 59.7 Å². The molecule has 31 heavy (non-hydrogen) atoms. The highest BCUT2D eigenvalue weighted by Crippen LogP contribution is 2.31. The molecule has 2 aromatic carbocycles. The molecule has 1 atom stereocenters. The van der Waals surface area contributed by atoms with Crippen molar-refractivity contribution in [2.75, 3.05) is 32.1 Å². The number of guanidine groups is 1. The van der Waals surface area contributed by atoms with Gasteiger partial charge in [0.05, 0.1) is 13.7 Å². The summed E-state index contributed by atoms with van der Waals surface area (Å²) in [7, 11) is 1.69. The lowest BCUT2D eigenvalue weighted by atomic mass is 9.91. The molecule has 0 radical (unpaired) electrons. The van der Waals surface area contributed by atoms with Gasteiger partial charge in [-0.05, 0) is 55.5 Å². The Morgan fingerprint density at radius 2 is 1.90 bits per heavy atom. The number of halogens is 1. The molecule has 0 spiro atoms. The molecule has 0 aliphatic carbocycles. The summed E-state index contributed by atoms with van der Waals surface area (Å²) < 4.78 is 5.20. The third-order valence-corrected chi connectivity index (χ3v) is 5.26. The predicted octanol–water partition coefficient (Wildman–Crippen LogP) is 4.32. The number of carbonyl (C=O) groups excluding carboxylic acids is 1. The quantitative estimate of drug-likeness (QED) is 0.193. The van der Waals surface area contributed by atoms with Gasteiger partial charge < -0.3 is 20.7 Å². The van der Waals surface area contributed by atoms with Crippen molar-refractivity contribution in [3.63, 3.8) is 0 Å². The first-order valence-corrected chi connectivity index (χ1v) is 10.7. The molecule has 1 aliphatic rings. The van der Waals surface area contributed by atoms with Crippen LogP contribution in [0, 0.1) is 0 Å². The first kappa shape index (κ1) is 25.0. The van der Waals surface area contributed by atoms with E-state index in [2.05, 4.69) is 41.1 Å². The first-order valence-electron chi connectivity index (χ1n) is 10.7. The molecule has 0 fully saturated rings. The molecular formula is C24H33IN4O2. The van der Waals surface area contributed by atoms with Crippen LogP contribution in [0.3, 0.4) is 0 Å². The molecule has 1 aliphatic heterocycles. The lowest BCUT2D eigenvalue weighted by Gasteiger charge is -2.24. The molecule has 168 valence electrons. The van der Waals surface area contributed by atoms with Crippen molar-refractivity contribution >= 4 is 41.5 Å². The Labute approximate surface area is 202 Å². The zero-order valence-electron chi connectivity index (χ0n) is 18.3. The number of methoxy groups -OCH3 is 1. The Morgan fingerprint density at radius 3 is 2.65 bits per heavy atom. The van der Waals surface area contributed by atoms with Crippen molar-refractivity contribution < 1.29 is 9.53 Å². The van der Waals surface area contributed by atoms with E-state index in [0.29, 0.717) is 13.0 Å². The molecule has 1 heterocycles. The first-order chi connectivity index (χ1) is 14.7. The number of rotatable bonds is 9. The van der Waals surface area contributed by atoms with Crippen LogP contribution in [0.5, 0.6) is 5.75 Å². The smallest absolute Gasteiger partial charge is 0.225 e. The van der Waals surface area contributed by atoms with Crippen LogP contribution in [-0.2, 0) is 11.2 Å². The average molecular weight is 536 g/mol. The number of carbonyl (C=O) groups is 1. The number of para-hydroxylation sites is 1. The van der Waals surface area contributed by atoms with E-state index in [4.69, 9.17) is 9.73 Å². The number of nitrogens with one attached hydrogen (secondary N) is 3. The van der Waals surface area contributed by atoms with Crippen LogP contribution in [-0.4, -0.2) is 38.6 Å². The summed E-state index contributed by atoms with van der Waals surface area (Å²) in [6.45, 7) is 4.32. The summed E-state index contributed by atoms with van der Waals surface area (Å²) in [4.78, 5) is 16.8. The summed E-state index contributed by atoms with van der Waals surface area (Å²) >= 11 is 0. The minimum absolute atomic E-state index is 0. The number of amides is 1. The second-order valence-corrected chi connectivity index (χ2v) is 7.49. The van der Waals surface area contributed by atoms with Crippen LogP contribution in [0.25, 0.3) is 0 Å². The van der Waals surface area contributed by atoms with Crippen molar-refractivity contribution in [2.24, 2.45) is 4.99 Å². The van der Waals surface area contributed by atoms with Gasteiger partial charge in [0, 0.05) is 31.1 Å². The Bertz CT molecular complexity index is 855. The van der Waals surface area contributed by atoms with E-state index < -0.39 is 0 Å².